The van der Waals surface area contributed by atoms with E-state index in [0.29, 0.717) is 23.4 Å². The van der Waals surface area contributed by atoms with Gasteiger partial charge in [-0.05, 0) is 55.2 Å². The molecule has 0 aliphatic heterocycles. The van der Waals surface area contributed by atoms with Crippen LogP contribution < -0.4 is 11.2 Å². The van der Waals surface area contributed by atoms with Gasteiger partial charge < -0.3 is 4.57 Å². The molecule has 0 atom stereocenters. The summed E-state index contributed by atoms with van der Waals surface area (Å²) >= 11 is 0. The molecule has 4 aromatic rings. The average Bonchev–Trinajstić information content (AvgIpc) is 3.43. The first-order valence-corrected chi connectivity index (χ1v) is 9.57. The maximum absolute atomic E-state index is 13.6. The van der Waals surface area contributed by atoms with Gasteiger partial charge >= 0.3 is 5.69 Å². The predicted molar refractivity (Wildman–Crippen MR) is 108 cm³/mol. The second-order valence-electron chi connectivity index (χ2n) is 7.54. The van der Waals surface area contributed by atoms with Gasteiger partial charge in [0.05, 0.1) is 12.0 Å². The fraction of sp³-hybridized carbons (Fsp3) is 0.227. The third kappa shape index (κ3) is 2.99. The Morgan fingerprint density at radius 2 is 1.90 bits per heavy atom. The summed E-state index contributed by atoms with van der Waals surface area (Å²) in [5.41, 5.74) is 2.35. The fourth-order valence-corrected chi connectivity index (χ4v) is 3.76. The molecule has 1 fully saturated rings. The van der Waals surface area contributed by atoms with Crippen LogP contribution in [0.4, 0.5) is 4.39 Å². The first-order valence-electron chi connectivity index (χ1n) is 9.57. The normalized spacial score (nSPS) is 13.9. The first-order chi connectivity index (χ1) is 14.0. The van der Waals surface area contributed by atoms with Gasteiger partial charge in [-0.15, -0.1) is 0 Å². The molecular formula is C22H19FN4O2. The van der Waals surface area contributed by atoms with Crippen LogP contribution in [0.3, 0.4) is 0 Å². The number of hydrogen-bond donors (Lipinski definition) is 0. The molecule has 2 aromatic carbocycles. The topological polar surface area (TPSA) is 61.8 Å². The molecule has 0 bridgehead atoms. The zero-order chi connectivity index (χ0) is 20.1. The van der Waals surface area contributed by atoms with Gasteiger partial charge in [-0.2, -0.15) is 0 Å². The van der Waals surface area contributed by atoms with Crippen LogP contribution in [0, 0.1) is 12.7 Å². The number of rotatable bonds is 4. The quantitative estimate of drug-likeness (QED) is 0.538. The van der Waals surface area contributed by atoms with Gasteiger partial charge in [0.2, 0.25) is 0 Å². The van der Waals surface area contributed by atoms with E-state index in [4.69, 9.17) is 0 Å². The zero-order valence-electron chi connectivity index (χ0n) is 15.9. The van der Waals surface area contributed by atoms with E-state index in [-0.39, 0.29) is 23.1 Å². The SMILES string of the molecule is Cc1cccc(-n2c(=O)n(C3CC3)c(=O)c3c2ncn3Cc2cccc(F)c2)c1. The maximum Gasteiger partial charge on any atom is 0.337 e. The fourth-order valence-electron chi connectivity index (χ4n) is 3.76. The van der Waals surface area contributed by atoms with E-state index in [2.05, 4.69) is 4.98 Å². The van der Waals surface area contributed by atoms with Crippen molar-refractivity contribution < 1.29 is 4.39 Å². The Kier molecular flexibility index (Phi) is 3.97. The summed E-state index contributed by atoms with van der Waals surface area (Å²) in [5.74, 6) is -0.334. The number of imidazole rings is 1. The number of aromatic nitrogens is 4. The molecule has 2 aromatic heterocycles. The molecule has 29 heavy (non-hydrogen) atoms. The minimum absolute atomic E-state index is 0.0759. The molecule has 1 aliphatic carbocycles. The molecular weight excluding hydrogens is 371 g/mol. The Bertz CT molecular complexity index is 1360. The van der Waals surface area contributed by atoms with Crippen molar-refractivity contribution in [2.24, 2.45) is 0 Å². The van der Waals surface area contributed by atoms with Gasteiger partial charge in [0, 0.05) is 12.6 Å². The van der Waals surface area contributed by atoms with Crippen molar-refractivity contribution in [3.05, 3.63) is 92.6 Å². The van der Waals surface area contributed by atoms with Gasteiger partial charge in [0.15, 0.2) is 11.2 Å². The van der Waals surface area contributed by atoms with Gasteiger partial charge in [-0.25, -0.2) is 18.7 Å². The van der Waals surface area contributed by atoms with Crippen LogP contribution in [0.2, 0.25) is 0 Å². The molecule has 0 unspecified atom stereocenters. The largest absolute Gasteiger partial charge is 0.337 e. The Hall–Kier alpha value is -3.48. The van der Waals surface area contributed by atoms with Crippen molar-refractivity contribution in [1.29, 1.82) is 0 Å². The van der Waals surface area contributed by atoms with Crippen molar-refractivity contribution >= 4 is 11.2 Å². The van der Waals surface area contributed by atoms with Gasteiger partial charge in [0.1, 0.15) is 5.82 Å². The molecule has 0 amide bonds. The molecule has 0 saturated heterocycles. The van der Waals surface area contributed by atoms with Crippen LogP contribution in [0.15, 0.2) is 64.4 Å². The van der Waals surface area contributed by atoms with Crippen LogP contribution in [-0.4, -0.2) is 18.7 Å². The smallest absolute Gasteiger partial charge is 0.320 e. The summed E-state index contributed by atoms with van der Waals surface area (Å²) in [5, 5.41) is 0. The van der Waals surface area contributed by atoms with E-state index in [1.54, 1.807) is 23.0 Å². The van der Waals surface area contributed by atoms with Gasteiger partial charge in [0.25, 0.3) is 5.56 Å². The summed E-state index contributed by atoms with van der Waals surface area (Å²) in [6, 6.07) is 13.7. The molecule has 1 aliphatic rings. The van der Waals surface area contributed by atoms with E-state index in [1.165, 1.54) is 21.3 Å². The number of nitrogens with zero attached hydrogens (tertiary/aromatic N) is 4. The molecule has 2 heterocycles. The molecule has 1 saturated carbocycles. The summed E-state index contributed by atoms with van der Waals surface area (Å²) < 4.78 is 18.1. The highest BCUT2D eigenvalue weighted by molar-refractivity contribution is 5.72. The number of halogens is 1. The Balaban J connectivity index is 1.78. The summed E-state index contributed by atoms with van der Waals surface area (Å²) in [6.45, 7) is 2.24. The highest BCUT2D eigenvalue weighted by atomic mass is 19.1. The number of fused-ring (bicyclic) bond motifs is 1. The van der Waals surface area contributed by atoms with E-state index >= 15 is 0 Å². The highest BCUT2D eigenvalue weighted by Gasteiger charge is 2.30. The van der Waals surface area contributed by atoms with Crippen molar-refractivity contribution in [3.63, 3.8) is 0 Å². The highest BCUT2D eigenvalue weighted by Crippen LogP contribution is 2.32. The Labute approximate surface area is 165 Å². The lowest BCUT2D eigenvalue weighted by atomic mass is 10.2. The number of hydrogen-bond acceptors (Lipinski definition) is 3. The van der Waals surface area contributed by atoms with E-state index in [0.717, 1.165) is 24.0 Å². The maximum atomic E-state index is 13.6. The summed E-state index contributed by atoms with van der Waals surface area (Å²) in [6.07, 6.45) is 3.17. The average molecular weight is 390 g/mol. The van der Waals surface area contributed by atoms with Crippen molar-refractivity contribution in [3.8, 4) is 5.69 Å². The zero-order valence-corrected chi connectivity index (χ0v) is 15.9. The lowest BCUT2D eigenvalue weighted by Crippen LogP contribution is -2.39. The Morgan fingerprint density at radius 1 is 1.10 bits per heavy atom. The first kappa shape index (κ1) is 17.6. The predicted octanol–water partition coefficient (Wildman–Crippen LogP) is 3.18. The second kappa shape index (κ2) is 6.55. The lowest BCUT2D eigenvalue weighted by molar-refractivity contribution is 0.623. The van der Waals surface area contributed by atoms with E-state index in [1.807, 2.05) is 31.2 Å². The molecule has 6 nitrogen and oxygen atoms in total. The van der Waals surface area contributed by atoms with Crippen molar-refractivity contribution in [2.75, 3.05) is 0 Å². The number of aryl methyl sites for hydroxylation is 1. The summed E-state index contributed by atoms with van der Waals surface area (Å²) in [4.78, 5) is 30.9. The van der Waals surface area contributed by atoms with Crippen LogP contribution in [0.5, 0.6) is 0 Å². The lowest BCUT2D eigenvalue weighted by Gasteiger charge is -2.13. The summed E-state index contributed by atoms with van der Waals surface area (Å²) in [7, 11) is 0. The minimum atomic E-state index is -0.369. The minimum Gasteiger partial charge on any atom is -0.320 e. The molecule has 0 spiro atoms. The van der Waals surface area contributed by atoms with Crippen LogP contribution in [0.1, 0.15) is 30.0 Å². The molecule has 5 rings (SSSR count). The third-order valence-corrected chi connectivity index (χ3v) is 5.26. The van der Waals surface area contributed by atoms with Crippen LogP contribution >= 0.6 is 0 Å². The second-order valence-corrected chi connectivity index (χ2v) is 7.54. The van der Waals surface area contributed by atoms with Crippen molar-refractivity contribution in [2.45, 2.75) is 32.4 Å². The van der Waals surface area contributed by atoms with E-state index < -0.39 is 0 Å². The standard InChI is InChI=1S/C22H19FN4O2/c1-14-4-2-7-18(10-14)26-20-19(21(28)27(22(26)29)17-8-9-17)25(13-24-20)12-15-5-3-6-16(23)11-15/h2-7,10-11,13,17H,8-9,12H2,1H3. The van der Waals surface area contributed by atoms with Crippen LogP contribution in [0.25, 0.3) is 16.9 Å². The number of benzene rings is 2. The van der Waals surface area contributed by atoms with Crippen LogP contribution in [-0.2, 0) is 6.54 Å². The molecule has 0 N–H and O–H groups in total. The Morgan fingerprint density at radius 3 is 2.62 bits per heavy atom. The molecule has 7 heteroatoms. The van der Waals surface area contributed by atoms with Crippen molar-refractivity contribution in [1.82, 2.24) is 18.7 Å². The van der Waals surface area contributed by atoms with E-state index in [9.17, 15) is 14.0 Å². The van der Waals surface area contributed by atoms with Gasteiger partial charge in [-0.3, -0.25) is 9.36 Å². The third-order valence-electron chi connectivity index (χ3n) is 5.26. The van der Waals surface area contributed by atoms with Gasteiger partial charge in [-0.1, -0.05) is 24.3 Å². The monoisotopic (exact) mass is 390 g/mol. The molecule has 0 radical (unpaired) electrons. The molecule has 146 valence electrons.